The molecule has 2 fully saturated rings. The Morgan fingerprint density at radius 2 is 1.95 bits per heavy atom. The van der Waals surface area contributed by atoms with Crippen molar-refractivity contribution in [2.75, 3.05) is 26.2 Å². The number of hydrogen-bond acceptors (Lipinski definition) is 3. The molecule has 2 atom stereocenters. The molecule has 0 aromatic rings. The summed E-state index contributed by atoms with van der Waals surface area (Å²) in [5.41, 5.74) is 6.16. The van der Waals surface area contributed by atoms with Crippen molar-refractivity contribution >= 4 is 0 Å². The summed E-state index contributed by atoms with van der Waals surface area (Å²) in [5, 5.41) is 3.77. The maximum absolute atomic E-state index is 5.76. The van der Waals surface area contributed by atoms with Gasteiger partial charge in [0.15, 0.2) is 0 Å². The summed E-state index contributed by atoms with van der Waals surface area (Å²) in [7, 11) is 0. The fraction of sp³-hybridized carbons (Fsp3) is 1.00. The van der Waals surface area contributed by atoms with Crippen LogP contribution < -0.4 is 11.1 Å². The molecular formula is C17H35N3. The van der Waals surface area contributed by atoms with Crippen LogP contribution in [-0.4, -0.2) is 43.2 Å². The lowest BCUT2D eigenvalue weighted by Gasteiger charge is -2.30. The van der Waals surface area contributed by atoms with Crippen molar-refractivity contribution in [2.24, 2.45) is 17.1 Å². The summed E-state index contributed by atoms with van der Waals surface area (Å²) < 4.78 is 0. The molecule has 1 saturated heterocycles. The van der Waals surface area contributed by atoms with Crippen LogP contribution in [0.4, 0.5) is 0 Å². The second-order valence-electron chi connectivity index (χ2n) is 7.95. The van der Waals surface area contributed by atoms with Crippen LogP contribution in [0.3, 0.4) is 0 Å². The molecule has 0 radical (unpaired) electrons. The van der Waals surface area contributed by atoms with Crippen molar-refractivity contribution in [1.82, 2.24) is 10.2 Å². The average molecular weight is 281 g/mol. The minimum Gasteiger partial charge on any atom is -0.330 e. The lowest BCUT2D eigenvalue weighted by atomic mass is 9.76. The van der Waals surface area contributed by atoms with Crippen LogP contribution in [0.1, 0.15) is 59.3 Å². The van der Waals surface area contributed by atoms with Crippen molar-refractivity contribution in [3.05, 3.63) is 0 Å². The quantitative estimate of drug-likeness (QED) is 0.672. The van der Waals surface area contributed by atoms with E-state index in [9.17, 15) is 0 Å². The Labute approximate surface area is 125 Å². The van der Waals surface area contributed by atoms with Gasteiger partial charge in [-0.25, -0.2) is 0 Å². The largest absolute Gasteiger partial charge is 0.330 e. The smallest absolute Gasteiger partial charge is 0.0207 e. The van der Waals surface area contributed by atoms with Crippen LogP contribution in [0, 0.1) is 11.3 Å². The van der Waals surface area contributed by atoms with Gasteiger partial charge in [0.2, 0.25) is 0 Å². The van der Waals surface area contributed by atoms with E-state index in [1.165, 1.54) is 58.2 Å². The number of nitrogens with two attached hydrogens (primary N) is 1. The van der Waals surface area contributed by atoms with Gasteiger partial charge < -0.3 is 11.1 Å². The van der Waals surface area contributed by atoms with E-state index >= 15 is 0 Å². The molecule has 0 bridgehead atoms. The summed E-state index contributed by atoms with van der Waals surface area (Å²) in [6.45, 7) is 11.7. The van der Waals surface area contributed by atoms with Crippen molar-refractivity contribution in [2.45, 2.75) is 71.4 Å². The monoisotopic (exact) mass is 281 g/mol. The molecule has 20 heavy (non-hydrogen) atoms. The molecule has 1 aliphatic heterocycles. The molecule has 3 nitrogen and oxygen atoms in total. The Bertz CT molecular complexity index is 280. The fourth-order valence-corrected chi connectivity index (χ4v) is 3.59. The predicted octanol–water partition coefficient (Wildman–Crippen LogP) is 2.60. The highest BCUT2D eigenvalue weighted by atomic mass is 15.2. The van der Waals surface area contributed by atoms with Gasteiger partial charge in [-0.2, -0.15) is 0 Å². The van der Waals surface area contributed by atoms with Gasteiger partial charge in [0.1, 0.15) is 0 Å². The molecule has 1 aliphatic carbocycles. The zero-order valence-electron chi connectivity index (χ0n) is 13.8. The van der Waals surface area contributed by atoms with E-state index in [0.717, 1.165) is 24.5 Å². The third kappa shape index (κ3) is 5.01. The van der Waals surface area contributed by atoms with Crippen molar-refractivity contribution in [3.63, 3.8) is 0 Å². The Hall–Kier alpha value is -0.120. The number of nitrogens with zero attached hydrogens (tertiary/aromatic N) is 1. The number of likely N-dealkylation sites (tertiary alicyclic amines) is 1. The van der Waals surface area contributed by atoms with E-state index in [1.807, 2.05) is 0 Å². The molecule has 0 aromatic heterocycles. The Morgan fingerprint density at radius 1 is 1.20 bits per heavy atom. The lowest BCUT2D eigenvalue weighted by molar-refractivity contribution is 0.209. The summed E-state index contributed by atoms with van der Waals surface area (Å²) >= 11 is 0. The Morgan fingerprint density at radius 3 is 2.55 bits per heavy atom. The minimum atomic E-state index is 0.398. The fourth-order valence-electron chi connectivity index (χ4n) is 3.59. The lowest BCUT2D eigenvalue weighted by Crippen LogP contribution is -2.34. The molecule has 118 valence electrons. The van der Waals surface area contributed by atoms with Gasteiger partial charge in [0.05, 0.1) is 0 Å². The first-order chi connectivity index (χ1) is 9.50. The van der Waals surface area contributed by atoms with Crippen LogP contribution in [0.15, 0.2) is 0 Å². The summed E-state index contributed by atoms with van der Waals surface area (Å²) in [5.74, 6) is 0.765. The molecule has 0 amide bonds. The highest BCUT2D eigenvalue weighted by Crippen LogP contribution is 2.32. The first kappa shape index (κ1) is 16.3. The van der Waals surface area contributed by atoms with Gasteiger partial charge in [-0.3, -0.25) is 4.90 Å². The maximum Gasteiger partial charge on any atom is 0.0207 e. The van der Waals surface area contributed by atoms with Gasteiger partial charge in [-0.05, 0) is 62.9 Å². The van der Waals surface area contributed by atoms with Gasteiger partial charge in [0.25, 0.3) is 0 Å². The number of nitrogens with one attached hydrogen (secondary N) is 1. The molecule has 1 heterocycles. The Kier molecular flexibility index (Phi) is 5.88. The van der Waals surface area contributed by atoms with E-state index in [0.29, 0.717) is 5.41 Å². The maximum atomic E-state index is 5.76. The van der Waals surface area contributed by atoms with Crippen molar-refractivity contribution < 1.29 is 0 Å². The molecule has 0 spiro atoms. The van der Waals surface area contributed by atoms with E-state index in [4.69, 9.17) is 5.73 Å². The van der Waals surface area contributed by atoms with Gasteiger partial charge in [-0.1, -0.05) is 20.8 Å². The third-order valence-electron chi connectivity index (χ3n) is 5.19. The van der Waals surface area contributed by atoms with E-state index in [-0.39, 0.29) is 0 Å². The third-order valence-corrected chi connectivity index (χ3v) is 5.19. The van der Waals surface area contributed by atoms with Crippen LogP contribution in [0.25, 0.3) is 0 Å². The van der Waals surface area contributed by atoms with E-state index in [2.05, 4.69) is 31.0 Å². The summed E-state index contributed by atoms with van der Waals surface area (Å²) in [4.78, 5) is 2.68. The predicted molar refractivity (Wildman–Crippen MR) is 86.9 cm³/mol. The SMILES string of the molecule is CC(C)(C)C(CCN)CCCNC1CCN(C2CC2)C1. The number of hydrogen-bond donors (Lipinski definition) is 2. The Balaban J connectivity index is 1.58. The van der Waals surface area contributed by atoms with Gasteiger partial charge in [0, 0.05) is 25.2 Å². The zero-order valence-corrected chi connectivity index (χ0v) is 13.8. The molecule has 2 rings (SSSR count). The van der Waals surface area contributed by atoms with Crippen LogP contribution in [-0.2, 0) is 0 Å². The van der Waals surface area contributed by atoms with Crippen LogP contribution >= 0.6 is 0 Å². The van der Waals surface area contributed by atoms with Gasteiger partial charge >= 0.3 is 0 Å². The van der Waals surface area contributed by atoms with E-state index in [1.54, 1.807) is 0 Å². The normalized spacial score (nSPS) is 26.1. The summed E-state index contributed by atoms with van der Waals surface area (Å²) in [6.07, 6.45) is 8.01. The highest BCUT2D eigenvalue weighted by molar-refractivity contribution is 4.91. The molecule has 3 heteroatoms. The second kappa shape index (κ2) is 7.24. The molecule has 3 N–H and O–H groups in total. The van der Waals surface area contributed by atoms with Crippen molar-refractivity contribution in [1.29, 1.82) is 0 Å². The minimum absolute atomic E-state index is 0.398. The van der Waals surface area contributed by atoms with Crippen LogP contribution in [0.2, 0.25) is 0 Å². The molecule has 0 aromatic carbocycles. The topological polar surface area (TPSA) is 41.3 Å². The van der Waals surface area contributed by atoms with Gasteiger partial charge in [-0.15, -0.1) is 0 Å². The van der Waals surface area contributed by atoms with Crippen molar-refractivity contribution in [3.8, 4) is 0 Å². The standard InChI is InChI=1S/C17H35N3/c1-17(2,3)14(8-10-18)5-4-11-19-15-9-12-20(13-15)16-6-7-16/h14-16,19H,4-13,18H2,1-3H3. The molecule has 2 unspecified atom stereocenters. The average Bonchev–Trinajstić information content (AvgIpc) is 3.12. The highest BCUT2D eigenvalue weighted by Gasteiger charge is 2.34. The molecule has 2 aliphatic rings. The summed E-state index contributed by atoms with van der Waals surface area (Å²) in [6, 6.07) is 1.69. The second-order valence-corrected chi connectivity index (χ2v) is 7.95. The molecular weight excluding hydrogens is 246 g/mol. The first-order valence-electron chi connectivity index (χ1n) is 8.68. The zero-order chi connectivity index (χ0) is 14.6. The van der Waals surface area contributed by atoms with Crippen LogP contribution in [0.5, 0.6) is 0 Å². The number of rotatable bonds is 8. The van der Waals surface area contributed by atoms with E-state index < -0.39 is 0 Å². The first-order valence-corrected chi connectivity index (χ1v) is 8.68. The molecule has 1 saturated carbocycles.